The number of carboxylic acid groups (broad SMARTS) is 1. The zero-order valence-electron chi connectivity index (χ0n) is 28.5. The van der Waals surface area contributed by atoms with Gasteiger partial charge in [0.2, 0.25) is 0 Å². The van der Waals surface area contributed by atoms with E-state index in [1.807, 2.05) is 48.6 Å². The number of amides is 1. The lowest BCUT2D eigenvalue weighted by Gasteiger charge is -2.34. The van der Waals surface area contributed by atoms with E-state index in [1.54, 1.807) is 18.9 Å². The molecule has 1 heterocycles. The van der Waals surface area contributed by atoms with E-state index in [1.165, 1.54) is 13.5 Å². The van der Waals surface area contributed by atoms with Crippen molar-refractivity contribution >= 4 is 18.0 Å². The average Bonchev–Trinajstić information content (AvgIpc) is 3.32. The van der Waals surface area contributed by atoms with Crippen molar-refractivity contribution in [3.63, 3.8) is 0 Å². The lowest BCUT2D eigenvalue weighted by molar-refractivity contribution is -0.158. The van der Waals surface area contributed by atoms with Crippen molar-refractivity contribution in [2.24, 2.45) is 11.8 Å². The van der Waals surface area contributed by atoms with Crippen LogP contribution >= 0.6 is 0 Å². The average molecular weight is 591 g/mol. The Morgan fingerprint density at radius 3 is 1.83 bits per heavy atom. The molecule has 2 N–H and O–H groups in total. The highest BCUT2D eigenvalue weighted by atomic mass is 16.6. The fourth-order valence-electron chi connectivity index (χ4n) is 4.51. The van der Waals surface area contributed by atoms with Gasteiger partial charge in [0.05, 0.1) is 30.6 Å². The molecule has 0 saturated carbocycles. The summed E-state index contributed by atoms with van der Waals surface area (Å²) in [5, 5.41) is 12.4. The number of rotatable bonds is 11. The summed E-state index contributed by atoms with van der Waals surface area (Å²) in [6.45, 7) is 21.8. The van der Waals surface area contributed by atoms with Gasteiger partial charge in [0.1, 0.15) is 11.2 Å². The third-order valence-corrected chi connectivity index (χ3v) is 6.54. The number of carboxylic acids is 1. The first-order valence-corrected chi connectivity index (χ1v) is 15.0. The Labute approximate surface area is 250 Å². The number of esters is 1. The van der Waals surface area contributed by atoms with Gasteiger partial charge in [-0.1, -0.05) is 40.5 Å². The summed E-state index contributed by atoms with van der Waals surface area (Å²) in [4.78, 5) is 36.8. The Balaban J connectivity index is 0. The second-order valence-electron chi connectivity index (χ2n) is 12.7. The molecule has 1 amide bonds. The van der Waals surface area contributed by atoms with E-state index >= 15 is 0 Å². The molecule has 1 rings (SSSR count). The van der Waals surface area contributed by atoms with Gasteiger partial charge in [-0.25, -0.2) is 4.79 Å². The summed E-state index contributed by atoms with van der Waals surface area (Å²) >= 11 is 0. The monoisotopic (exact) mass is 590 g/mol. The van der Waals surface area contributed by atoms with Crippen molar-refractivity contribution in [2.45, 2.75) is 144 Å². The summed E-state index contributed by atoms with van der Waals surface area (Å²) in [6.07, 6.45) is 3.05. The second-order valence-corrected chi connectivity index (χ2v) is 12.7. The number of carbonyl (C=O) groups excluding carboxylic acids is 2. The summed E-state index contributed by atoms with van der Waals surface area (Å²) in [7, 11) is 5.02. The first-order chi connectivity index (χ1) is 18.8. The van der Waals surface area contributed by atoms with Crippen LogP contribution in [0.1, 0.15) is 108 Å². The highest BCUT2D eigenvalue weighted by Gasteiger charge is 2.41. The molecule has 10 nitrogen and oxygen atoms in total. The van der Waals surface area contributed by atoms with Gasteiger partial charge in [0.15, 0.2) is 0 Å². The van der Waals surface area contributed by atoms with E-state index in [0.29, 0.717) is 12.5 Å². The largest absolute Gasteiger partial charge is 0.481 e. The van der Waals surface area contributed by atoms with E-state index in [9.17, 15) is 14.4 Å². The third-order valence-electron chi connectivity index (χ3n) is 6.54. The zero-order valence-corrected chi connectivity index (χ0v) is 28.5. The maximum absolute atomic E-state index is 12.2. The standard InChI is InChI=1S/C14H25NO5.C14H29NO3.C3H8/c1-9(12(16)17)11(19-5)10-7-6-8-15(10)13(18)20-14(2,3)4;1-8-10(2)13(15-6)11(17-7)9-12(16)18-14(3,4)5;1-3-2/h9-11H,6-8H2,1-5H3,(H,16,17);10-11,13,15H,8-9H2,1-7H3;3H2,1-2H3/t9-,10+,11-;10-,11+,13-;/m10./s1. The number of likely N-dealkylation sites (N-methyl/N-ethyl adjacent to an activating group) is 1. The zero-order chi connectivity index (χ0) is 32.6. The van der Waals surface area contributed by atoms with Gasteiger partial charge in [-0.05, 0) is 74.3 Å². The molecular formula is C31H62N2O8. The molecule has 244 valence electrons. The molecule has 0 aromatic heterocycles. The van der Waals surface area contributed by atoms with Crippen LogP contribution in [0.25, 0.3) is 0 Å². The number of hydrogen-bond donors (Lipinski definition) is 2. The second kappa shape index (κ2) is 20.1. The molecule has 1 saturated heterocycles. The number of likely N-dealkylation sites (tertiary alicyclic amines) is 1. The first-order valence-electron chi connectivity index (χ1n) is 15.0. The summed E-state index contributed by atoms with van der Waals surface area (Å²) in [5.74, 6) is -1.36. The number of ether oxygens (including phenoxy) is 4. The SMILES string of the molecule is CCC.CC[C@H](C)[C@H](NC)[C@@H](CC(=O)OC(C)(C)C)OC.CO[C@H]([C@@H](C)C(=O)O)[C@@H]1CCCN1C(=O)OC(C)(C)C. The maximum Gasteiger partial charge on any atom is 0.410 e. The van der Waals surface area contributed by atoms with Gasteiger partial charge < -0.3 is 34.3 Å². The molecule has 0 bridgehead atoms. The first kappa shape index (κ1) is 41.2. The third kappa shape index (κ3) is 17.0. The summed E-state index contributed by atoms with van der Waals surface area (Å²) < 4.78 is 21.5. The highest BCUT2D eigenvalue weighted by molar-refractivity contribution is 5.72. The van der Waals surface area contributed by atoms with Gasteiger partial charge in [-0.3, -0.25) is 9.59 Å². The van der Waals surface area contributed by atoms with Gasteiger partial charge in [0, 0.05) is 26.8 Å². The predicted octanol–water partition coefficient (Wildman–Crippen LogP) is 5.91. The normalized spacial score (nSPS) is 18.9. The molecule has 0 aliphatic carbocycles. The molecule has 0 aromatic rings. The van der Waals surface area contributed by atoms with Crippen LogP contribution in [-0.2, 0) is 28.5 Å². The van der Waals surface area contributed by atoms with Crippen LogP contribution in [-0.4, -0.2) is 91.3 Å². The molecule has 1 fully saturated rings. The van der Waals surface area contributed by atoms with Gasteiger partial charge >= 0.3 is 18.0 Å². The molecule has 0 unspecified atom stereocenters. The topological polar surface area (TPSA) is 124 Å². The summed E-state index contributed by atoms with van der Waals surface area (Å²) in [5.41, 5.74) is -1.01. The minimum atomic E-state index is -0.923. The number of hydrogen-bond acceptors (Lipinski definition) is 8. The van der Waals surface area contributed by atoms with Gasteiger partial charge in [0.25, 0.3) is 0 Å². The minimum absolute atomic E-state index is 0.153. The Kier molecular flexibility index (Phi) is 20.2. The maximum atomic E-state index is 12.2. The van der Waals surface area contributed by atoms with Crippen molar-refractivity contribution in [1.29, 1.82) is 0 Å². The Morgan fingerprint density at radius 2 is 1.46 bits per heavy atom. The van der Waals surface area contributed by atoms with Crippen molar-refractivity contribution in [3.05, 3.63) is 0 Å². The number of methoxy groups -OCH3 is 2. The number of carbonyl (C=O) groups is 3. The Morgan fingerprint density at radius 1 is 0.951 bits per heavy atom. The number of aliphatic carboxylic acids is 1. The molecule has 0 spiro atoms. The Hall–Kier alpha value is -1.91. The van der Waals surface area contributed by atoms with E-state index in [2.05, 4.69) is 33.0 Å². The van der Waals surface area contributed by atoms with Crippen molar-refractivity contribution in [3.8, 4) is 0 Å². The minimum Gasteiger partial charge on any atom is -0.481 e. The quantitative estimate of drug-likeness (QED) is 0.283. The van der Waals surface area contributed by atoms with E-state index in [-0.39, 0.29) is 30.6 Å². The summed E-state index contributed by atoms with van der Waals surface area (Å²) in [6, 6.07) is -0.0894. The van der Waals surface area contributed by atoms with Crippen LogP contribution in [0.15, 0.2) is 0 Å². The molecule has 10 heteroatoms. The Bertz CT molecular complexity index is 747. The van der Waals surface area contributed by atoms with Gasteiger partial charge in [-0.2, -0.15) is 0 Å². The van der Waals surface area contributed by atoms with Crippen molar-refractivity contribution in [2.75, 3.05) is 27.8 Å². The number of nitrogens with zero attached hydrogens (tertiary/aromatic N) is 1. The van der Waals surface area contributed by atoms with E-state index in [4.69, 9.17) is 24.1 Å². The van der Waals surface area contributed by atoms with E-state index in [0.717, 1.165) is 19.3 Å². The van der Waals surface area contributed by atoms with Crippen LogP contribution < -0.4 is 5.32 Å². The van der Waals surface area contributed by atoms with Crippen LogP contribution in [0.5, 0.6) is 0 Å². The molecule has 41 heavy (non-hydrogen) atoms. The molecular weight excluding hydrogens is 528 g/mol. The van der Waals surface area contributed by atoms with E-state index < -0.39 is 35.3 Å². The lowest BCUT2D eigenvalue weighted by Crippen LogP contribution is -2.49. The van der Waals surface area contributed by atoms with Crippen molar-refractivity contribution < 1.29 is 38.4 Å². The lowest BCUT2D eigenvalue weighted by atomic mass is 9.92. The van der Waals surface area contributed by atoms with Gasteiger partial charge in [-0.15, -0.1) is 0 Å². The molecule has 1 aliphatic heterocycles. The molecule has 1 aliphatic rings. The van der Waals surface area contributed by atoms with Crippen molar-refractivity contribution in [1.82, 2.24) is 10.2 Å². The molecule has 0 aromatic carbocycles. The molecule has 0 radical (unpaired) electrons. The van der Waals surface area contributed by atoms with Crippen LogP contribution in [0.4, 0.5) is 4.79 Å². The fourth-order valence-corrected chi connectivity index (χ4v) is 4.51. The van der Waals surface area contributed by atoms with Crippen LogP contribution in [0.3, 0.4) is 0 Å². The smallest absolute Gasteiger partial charge is 0.410 e. The number of nitrogens with one attached hydrogen (secondary N) is 1. The fraction of sp³-hybridized carbons (Fsp3) is 0.903. The van der Waals surface area contributed by atoms with Crippen LogP contribution in [0.2, 0.25) is 0 Å². The van der Waals surface area contributed by atoms with Crippen LogP contribution in [0, 0.1) is 11.8 Å². The molecule has 6 atom stereocenters. The highest BCUT2D eigenvalue weighted by Crippen LogP contribution is 2.28. The predicted molar refractivity (Wildman–Crippen MR) is 163 cm³/mol.